The molecule has 2 rings (SSSR count). The van der Waals surface area contributed by atoms with Crippen molar-refractivity contribution < 1.29 is 5.11 Å². The highest BCUT2D eigenvalue weighted by molar-refractivity contribution is 4.97. The minimum atomic E-state index is -0.0456. The standard InChI is InChI=1S/C14H25NO/c1-11(2)10-15-9-4-3-7-13(15)12-6-5-8-14(12)16/h12-14,16H,1,3-10H2,2H3. The lowest BCUT2D eigenvalue weighted by molar-refractivity contribution is 0.0404. The number of likely N-dealkylation sites (tertiary alicyclic amines) is 1. The zero-order valence-corrected chi connectivity index (χ0v) is 10.5. The van der Waals surface area contributed by atoms with E-state index in [1.807, 2.05) is 0 Å². The smallest absolute Gasteiger partial charge is 0.0583 e. The van der Waals surface area contributed by atoms with Crippen molar-refractivity contribution >= 4 is 0 Å². The van der Waals surface area contributed by atoms with Crippen LogP contribution in [0.25, 0.3) is 0 Å². The van der Waals surface area contributed by atoms with Gasteiger partial charge in [-0.2, -0.15) is 0 Å². The SMILES string of the molecule is C=C(C)CN1CCCCC1C1CCCC1O. The normalized spacial score (nSPS) is 36.5. The summed E-state index contributed by atoms with van der Waals surface area (Å²) in [7, 11) is 0. The lowest BCUT2D eigenvalue weighted by Gasteiger charge is -2.40. The van der Waals surface area contributed by atoms with Gasteiger partial charge in [0.25, 0.3) is 0 Å². The molecule has 2 nitrogen and oxygen atoms in total. The number of hydrogen-bond acceptors (Lipinski definition) is 2. The Morgan fingerprint density at radius 3 is 2.69 bits per heavy atom. The van der Waals surface area contributed by atoms with Gasteiger partial charge in [0, 0.05) is 18.5 Å². The first-order valence-electron chi connectivity index (χ1n) is 6.75. The summed E-state index contributed by atoms with van der Waals surface area (Å²) in [6.45, 7) is 8.35. The van der Waals surface area contributed by atoms with Crippen LogP contribution in [0.1, 0.15) is 45.4 Å². The summed E-state index contributed by atoms with van der Waals surface area (Å²) in [4.78, 5) is 2.56. The number of piperidine rings is 1. The van der Waals surface area contributed by atoms with Gasteiger partial charge in [-0.05, 0) is 39.2 Å². The molecule has 0 radical (unpaired) electrons. The third-order valence-corrected chi connectivity index (χ3v) is 4.16. The summed E-state index contributed by atoms with van der Waals surface area (Å²) in [6.07, 6.45) is 7.32. The minimum absolute atomic E-state index is 0.0456. The van der Waals surface area contributed by atoms with Crippen LogP contribution in [0.5, 0.6) is 0 Å². The van der Waals surface area contributed by atoms with Crippen LogP contribution in [0.4, 0.5) is 0 Å². The molecule has 1 aliphatic carbocycles. The zero-order valence-electron chi connectivity index (χ0n) is 10.5. The lowest BCUT2D eigenvalue weighted by Crippen LogP contribution is -2.46. The molecule has 1 N–H and O–H groups in total. The maximum absolute atomic E-state index is 10.0. The Bertz CT molecular complexity index is 251. The maximum atomic E-state index is 10.0. The molecule has 0 spiro atoms. The van der Waals surface area contributed by atoms with E-state index < -0.39 is 0 Å². The van der Waals surface area contributed by atoms with Gasteiger partial charge in [-0.3, -0.25) is 4.90 Å². The highest BCUT2D eigenvalue weighted by atomic mass is 16.3. The summed E-state index contributed by atoms with van der Waals surface area (Å²) in [5.41, 5.74) is 1.25. The van der Waals surface area contributed by atoms with E-state index in [9.17, 15) is 5.11 Å². The molecule has 1 saturated heterocycles. The Hall–Kier alpha value is -0.340. The average Bonchev–Trinajstić information content (AvgIpc) is 2.64. The predicted octanol–water partition coefficient (Wildman–Crippen LogP) is 2.58. The second-order valence-electron chi connectivity index (χ2n) is 5.65. The summed E-state index contributed by atoms with van der Waals surface area (Å²) in [5.74, 6) is 0.527. The molecule has 1 saturated carbocycles. The van der Waals surface area contributed by atoms with Crippen molar-refractivity contribution in [2.45, 2.75) is 57.6 Å². The molecule has 2 heteroatoms. The molecule has 3 unspecified atom stereocenters. The van der Waals surface area contributed by atoms with Crippen molar-refractivity contribution in [3.05, 3.63) is 12.2 Å². The fourth-order valence-electron chi connectivity index (χ4n) is 3.46. The number of aliphatic hydroxyl groups is 1. The molecule has 0 aromatic heterocycles. The number of hydrogen-bond donors (Lipinski definition) is 1. The van der Waals surface area contributed by atoms with E-state index in [4.69, 9.17) is 0 Å². The molecular weight excluding hydrogens is 198 g/mol. The number of nitrogens with zero attached hydrogens (tertiary/aromatic N) is 1. The fourth-order valence-corrected chi connectivity index (χ4v) is 3.46. The molecule has 2 aliphatic rings. The predicted molar refractivity (Wildman–Crippen MR) is 67.4 cm³/mol. The molecule has 2 fully saturated rings. The Morgan fingerprint density at radius 2 is 2.06 bits per heavy atom. The molecule has 1 aliphatic heterocycles. The van der Waals surface area contributed by atoms with Crippen LogP contribution in [-0.4, -0.2) is 35.2 Å². The highest BCUT2D eigenvalue weighted by Gasteiger charge is 2.36. The Labute approximate surface area is 99.3 Å². The topological polar surface area (TPSA) is 23.5 Å². The second-order valence-corrected chi connectivity index (χ2v) is 5.65. The summed E-state index contributed by atoms with van der Waals surface area (Å²) >= 11 is 0. The molecule has 3 atom stereocenters. The van der Waals surface area contributed by atoms with Gasteiger partial charge < -0.3 is 5.11 Å². The molecule has 16 heavy (non-hydrogen) atoms. The third-order valence-electron chi connectivity index (χ3n) is 4.16. The van der Waals surface area contributed by atoms with Crippen molar-refractivity contribution in [1.82, 2.24) is 4.90 Å². The quantitative estimate of drug-likeness (QED) is 0.743. The van der Waals surface area contributed by atoms with Crippen LogP contribution in [0.3, 0.4) is 0 Å². The van der Waals surface area contributed by atoms with E-state index in [2.05, 4.69) is 18.4 Å². The van der Waals surface area contributed by atoms with Crippen LogP contribution in [0, 0.1) is 5.92 Å². The summed E-state index contributed by atoms with van der Waals surface area (Å²) < 4.78 is 0. The van der Waals surface area contributed by atoms with Crippen LogP contribution >= 0.6 is 0 Å². The monoisotopic (exact) mass is 223 g/mol. The van der Waals surface area contributed by atoms with E-state index in [1.165, 1.54) is 44.2 Å². The van der Waals surface area contributed by atoms with Gasteiger partial charge in [0.05, 0.1) is 6.10 Å². The molecule has 0 bridgehead atoms. The Morgan fingerprint density at radius 1 is 1.25 bits per heavy atom. The molecule has 92 valence electrons. The van der Waals surface area contributed by atoms with Crippen molar-refractivity contribution in [3.8, 4) is 0 Å². The van der Waals surface area contributed by atoms with Gasteiger partial charge in [-0.15, -0.1) is 0 Å². The van der Waals surface area contributed by atoms with E-state index in [-0.39, 0.29) is 6.10 Å². The van der Waals surface area contributed by atoms with Crippen molar-refractivity contribution in [2.24, 2.45) is 5.92 Å². The molecule has 0 amide bonds. The van der Waals surface area contributed by atoms with Crippen LogP contribution in [-0.2, 0) is 0 Å². The first-order chi connectivity index (χ1) is 7.68. The lowest BCUT2D eigenvalue weighted by atomic mass is 9.87. The molecule has 1 heterocycles. The molecule has 0 aromatic rings. The average molecular weight is 223 g/mol. The maximum Gasteiger partial charge on any atom is 0.0583 e. The van der Waals surface area contributed by atoms with Gasteiger partial charge in [0.15, 0.2) is 0 Å². The number of rotatable bonds is 3. The van der Waals surface area contributed by atoms with Crippen LogP contribution < -0.4 is 0 Å². The summed E-state index contributed by atoms with van der Waals surface area (Å²) in [6, 6.07) is 0.614. The van der Waals surface area contributed by atoms with Crippen molar-refractivity contribution in [3.63, 3.8) is 0 Å². The van der Waals surface area contributed by atoms with Crippen molar-refractivity contribution in [1.29, 1.82) is 0 Å². The Balaban J connectivity index is 2.00. The van der Waals surface area contributed by atoms with Gasteiger partial charge in [0.2, 0.25) is 0 Å². The first-order valence-corrected chi connectivity index (χ1v) is 6.75. The van der Waals surface area contributed by atoms with Gasteiger partial charge in [0.1, 0.15) is 0 Å². The second kappa shape index (κ2) is 5.33. The third kappa shape index (κ3) is 2.67. The fraction of sp³-hybridized carbons (Fsp3) is 0.857. The zero-order chi connectivity index (χ0) is 11.5. The van der Waals surface area contributed by atoms with Gasteiger partial charge in [-0.25, -0.2) is 0 Å². The number of aliphatic hydroxyl groups excluding tert-OH is 1. The largest absolute Gasteiger partial charge is 0.393 e. The van der Waals surface area contributed by atoms with Crippen LogP contribution in [0.2, 0.25) is 0 Å². The Kier molecular flexibility index (Phi) is 4.04. The summed E-state index contributed by atoms with van der Waals surface area (Å²) in [5, 5.41) is 10.0. The highest BCUT2D eigenvalue weighted by Crippen LogP contribution is 2.35. The molecular formula is C14H25NO. The van der Waals surface area contributed by atoms with E-state index >= 15 is 0 Å². The van der Waals surface area contributed by atoms with Crippen molar-refractivity contribution in [2.75, 3.05) is 13.1 Å². The van der Waals surface area contributed by atoms with E-state index in [0.29, 0.717) is 12.0 Å². The van der Waals surface area contributed by atoms with Crippen LogP contribution in [0.15, 0.2) is 12.2 Å². The first kappa shape index (κ1) is 12.1. The van der Waals surface area contributed by atoms with E-state index in [0.717, 1.165) is 13.0 Å². The molecule has 0 aromatic carbocycles. The van der Waals surface area contributed by atoms with Gasteiger partial charge in [-0.1, -0.05) is 25.0 Å². The minimum Gasteiger partial charge on any atom is -0.393 e. The van der Waals surface area contributed by atoms with Gasteiger partial charge >= 0.3 is 0 Å². The van der Waals surface area contributed by atoms with E-state index in [1.54, 1.807) is 0 Å².